The third-order valence-corrected chi connectivity index (χ3v) is 3.40. The van der Waals surface area contributed by atoms with Gasteiger partial charge in [0.1, 0.15) is 5.75 Å². The minimum absolute atomic E-state index is 0. The van der Waals surface area contributed by atoms with Crippen LogP contribution in [-0.4, -0.2) is 29.8 Å². The molecule has 0 saturated carbocycles. The van der Waals surface area contributed by atoms with Gasteiger partial charge < -0.3 is 14.8 Å². The predicted molar refractivity (Wildman–Crippen MR) is 83.9 cm³/mol. The summed E-state index contributed by atoms with van der Waals surface area (Å²) < 4.78 is 5.16. The van der Waals surface area contributed by atoms with Crippen molar-refractivity contribution < 1.29 is 57.2 Å². The molecule has 0 unspecified atom stereocenters. The largest absolute Gasteiger partial charge is 0.658 e. The van der Waals surface area contributed by atoms with Gasteiger partial charge in [0.15, 0.2) is 11.9 Å². The van der Waals surface area contributed by atoms with E-state index in [1.807, 2.05) is 0 Å². The van der Waals surface area contributed by atoms with Gasteiger partial charge in [0, 0.05) is 43.7 Å². The van der Waals surface area contributed by atoms with Gasteiger partial charge in [0.2, 0.25) is 0 Å². The molecule has 0 amide bonds. The molecule has 8 heteroatoms. The van der Waals surface area contributed by atoms with Gasteiger partial charge in [-0.05, 0) is 24.1 Å². The Bertz CT molecular complexity index is 786. The van der Waals surface area contributed by atoms with E-state index in [1.54, 1.807) is 6.07 Å². The van der Waals surface area contributed by atoms with E-state index in [1.165, 1.54) is 12.1 Å². The molecule has 0 saturated heterocycles. The van der Waals surface area contributed by atoms with Crippen LogP contribution < -0.4 is 5.63 Å². The summed E-state index contributed by atoms with van der Waals surface area (Å²) in [7, 11) is 0. The minimum Gasteiger partial charge on any atom is -0.658 e. The van der Waals surface area contributed by atoms with Crippen molar-refractivity contribution >= 4 is 17.3 Å². The molecule has 1 aliphatic heterocycles. The SMILES string of the molecule is C=CCOO.O=Cc1c(O)ccc2c3c(c(=O)oc12)C[N-]CC3.[Y]. The summed E-state index contributed by atoms with van der Waals surface area (Å²) >= 11 is 0. The molecular weight excluding hydrogens is 391 g/mol. The van der Waals surface area contributed by atoms with Crippen molar-refractivity contribution in [1.29, 1.82) is 0 Å². The van der Waals surface area contributed by atoms with E-state index in [4.69, 9.17) is 9.67 Å². The summed E-state index contributed by atoms with van der Waals surface area (Å²) in [5, 5.41) is 22.0. The van der Waals surface area contributed by atoms with Crippen LogP contribution >= 0.6 is 0 Å². The number of carbonyl (C=O) groups is 1. The Hall–Kier alpha value is -1.38. The van der Waals surface area contributed by atoms with E-state index in [2.05, 4.69) is 16.8 Å². The van der Waals surface area contributed by atoms with Crippen molar-refractivity contribution in [2.24, 2.45) is 0 Å². The molecule has 2 heterocycles. The monoisotopic (exact) mass is 407 g/mol. The number of aromatic hydroxyl groups is 1. The molecule has 24 heavy (non-hydrogen) atoms. The van der Waals surface area contributed by atoms with Gasteiger partial charge in [-0.25, -0.2) is 9.68 Å². The molecule has 1 radical (unpaired) electrons. The zero-order chi connectivity index (χ0) is 16.8. The zero-order valence-electron chi connectivity index (χ0n) is 12.9. The average Bonchev–Trinajstić information content (AvgIpc) is 2.56. The van der Waals surface area contributed by atoms with Crippen LogP contribution in [0.25, 0.3) is 16.3 Å². The molecule has 1 aromatic heterocycles. The third-order valence-electron chi connectivity index (χ3n) is 3.40. The zero-order valence-corrected chi connectivity index (χ0v) is 15.7. The fourth-order valence-corrected chi connectivity index (χ4v) is 2.37. The predicted octanol–water partition coefficient (Wildman–Crippen LogP) is 2.40. The van der Waals surface area contributed by atoms with Crippen LogP contribution in [0.5, 0.6) is 5.75 Å². The van der Waals surface area contributed by atoms with Gasteiger partial charge in [-0.3, -0.25) is 10.1 Å². The smallest absolute Gasteiger partial charge is 0.337 e. The van der Waals surface area contributed by atoms with E-state index in [0.717, 1.165) is 5.56 Å². The van der Waals surface area contributed by atoms with Crippen molar-refractivity contribution in [2.75, 3.05) is 13.2 Å². The van der Waals surface area contributed by atoms with Crippen molar-refractivity contribution in [3.8, 4) is 5.75 Å². The Balaban J connectivity index is 0.000000425. The van der Waals surface area contributed by atoms with Crippen LogP contribution in [0.2, 0.25) is 0 Å². The number of rotatable bonds is 3. The Morgan fingerprint density at radius 2 is 2.12 bits per heavy atom. The molecule has 1 aromatic carbocycles. The summed E-state index contributed by atoms with van der Waals surface area (Å²) in [6.45, 7) is 4.48. The fraction of sp³-hybridized carbons (Fsp3) is 0.250. The molecule has 2 aromatic rings. The molecule has 2 N–H and O–H groups in total. The first kappa shape index (κ1) is 20.7. The number of carbonyl (C=O) groups excluding carboxylic acids is 1. The quantitative estimate of drug-likeness (QED) is 0.266. The van der Waals surface area contributed by atoms with Crippen LogP contribution in [0.4, 0.5) is 0 Å². The standard InChI is InChI=1S/C13H10NO4.C3H6O2.Y/c15-6-10-11(16)2-1-8-7-3-4-14-5-9(7)13(17)18-12(8)10;1-2-3-5-4;/h1-2,6,16H,3-5H2;2,4H,1,3H2;/q-1;;. The van der Waals surface area contributed by atoms with Crippen LogP contribution in [0, 0.1) is 0 Å². The number of hydrogen-bond donors (Lipinski definition) is 2. The Kier molecular flexibility index (Phi) is 8.45. The number of phenolic OH excluding ortho intramolecular Hbond substituents is 1. The van der Waals surface area contributed by atoms with Crippen molar-refractivity contribution in [1.82, 2.24) is 0 Å². The molecule has 3 rings (SSSR count). The number of phenols is 1. The number of nitrogens with zero attached hydrogens (tertiary/aromatic N) is 1. The molecule has 1 aliphatic rings. The molecule has 7 nitrogen and oxygen atoms in total. The molecule has 125 valence electrons. The molecule has 0 atom stereocenters. The minimum atomic E-state index is -0.477. The van der Waals surface area contributed by atoms with Gasteiger partial charge in [0.05, 0.1) is 12.2 Å². The molecule has 0 bridgehead atoms. The van der Waals surface area contributed by atoms with E-state index >= 15 is 0 Å². The van der Waals surface area contributed by atoms with Gasteiger partial charge in [-0.15, -0.1) is 19.7 Å². The van der Waals surface area contributed by atoms with Crippen LogP contribution in [-0.2, 0) is 50.6 Å². The first-order valence-electron chi connectivity index (χ1n) is 6.90. The van der Waals surface area contributed by atoms with Gasteiger partial charge in [-0.2, -0.15) is 0 Å². The average molecular weight is 407 g/mol. The third kappa shape index (κ3) is 4.37. The fourth-order valence-electron chi connectivity index (χ4n) is 2.37. The second-order valence-electron chi connectivity index (χ2n) is 4.78. The summed E-state index contributed by atoms with van der Waals surface area (Å²) in [5.74, 6) is -0.180. The molecule has 0 aliphatic carbocycles. The van der Waals surface area contributed by atoms with E-state index in [9.17, 15) is 14.7 Å². The number of fused-ring (bicyclic) bond motifs is 3. The number of benzene rings is 1. The summed E-state index contributed by atoms with van der Waals surface area (Å²) in [6, 6.07) is 3.11. The Morgan fingerprint density at radius 3 is 2.71 bits per heavy atom. The maximum absolute atomic E-state index is 11.8. The second-order valence-corrected chi connectivity index (χ2v) is 4.78. The number of hydrogen-bond acceptors (Lipinski definition) is 6. The van der Waals surface area contributed by atoms with E-state index in [-0.39, 0.29) is 56.2 Å². The maximum atomic E-state index is 11.8. The number of aldehydes is 1. The first-order valence-corrected chi connectivity index (χ1v) is 6.90. The van der Waals surface area contributed by atoms with E-state index < -0.39 is 5.63 Å². The maximum Gasteiger partial charge on any atom is 0.337 e. The van der Waals surface area contributed by atoms with E-state index in [0.29, 0.717) is 36.7 Å². The molecular formula is C16H16NO6Y-. The second kappa shape index (κ2) is 9.81. The summed E-state index contributed by atoms with van der Waals surface area (Å²) in [5.41, 5.74) is 1.14. The first-order chi connectivity index (χ1) is 11.1. The topological polar surface area (TPSA) is 111 Å². The Labute approximate surface area is 163 Å². The normalized spacial score (nSPS) is 12.4. The van der Waals surface area contributed by atoms with Crippen LogP contribution in [0.3, 0.4) is 0 Å². The van der Waals surface area contributed by atoms with Crippen LogP contribution in [0.1, 0.15) is 21.5 Å². The van der Waals surface area contributed by atoms with Gasteiger partial charge in [-0.1, -0.05) is 6.08 Å². The van der Waals surface area contributed by atoms with Crippen molar-refractivity contribution in [3.63, 3.8) is 0 Å². The van der Waals surface area contributed by atoms with Crippen molar-refractivity contribution in [3.05, 3.63) is 57.2 Å². The van der Waals surface area contributed by atoms with Crippen LogP contribution in [0.15, 0.2) is 34.0 Å². The Morgan fingerprint density at radius 1 is 1.38 bits per heavy atom. The van der Waals surface area contributed by atoms with Gasteiger partial charge in [0.25, 0.3) is 0 Å². The molecule has 0 spiro atoms. The summed E-state index contributed by atoms with van der Waals surface area (Å²) in [4.78, 5) is 26.4. The molecule has 0 fully saturated rings. The van der Waals surface area contributed by atoms with Gasteiger partial charge >= 0.3 is 5.63 Å². The van der Waals surface area contributed by atoms with Crippen molar-refractivity contribution in [2.45, 2.75) is 13.0 Å². The summed E-state index contributed by atoms with van der Waals surface area (Å²) in [6.07, 6.45) is 2.61.